The van der Waals surface area contributed by atoms with Crippen LogP contribution in [0.3, 0.4) is 0 Å². The molecule has 34 heavy (non-hydrogen) atoms. The minimum atomic E-state index is -0.309. The lowest BCUT2D eigenvalue weighted by Gasteiger charge is -2.14. The summed E-state index contributed by atoms with van der Waals surface area (Å²) in [5, 5.41) is 7.72. The third-order valence-corrected chi connectivity index (χ3v) is 6.02. The number of nitrogens with one attached hydrogen (secondary N) is 1. The van der Waals surface area contributed by atoms with Gasteiger partial charge in [-0.2, -0.15) is 4.98 Å². The number of nitrogens with zero attached hydrogens (tertiary/aromatic N) is 4. The lowest BCUT2D eigenvalue weighted by Crippen LogP contribution is -2.33. The van der Waals surface area contributed by atoms with Crippen LogP contribution in [0.5, 0.6) is 0 Å². The van der Waals surface area contributed by atoms with Crippen molar-refractivity contribution in [2.45, 2.75) is 38.6 Å². The van der Waals surface area contributed by atoms with Crippen LogP contribution in [-0.2, 0) is 11.3 Å². The minimum absolute atomic E-state index is 0.0539. The summed E-state index contributed by atoms with van der Waals surface area (Å²) in [5.74, 6) is 0.384. The van der Waals surface area contributed by atoms with Crippen LogP contribution in [-0.4, -0.2) is 32.1 Å². The van der Waals surface area contributed by atoms with Crippen LogP contribution in [0.15, 0.2) is 75.7 Å². The molecular formula is C26H25N5O3. The first-order valence-electron chi connectivity index (χ1n) is 11.5. The first-order chi connectivity index (χ1) is 16.7. The van der Waals surface area contributed by atoms with Gasteiger partial charge in [0.1, 0.15) is 12.2 Å². The fourth-order valence-corrected chi connectivity index (χ4v) is 4.30. The third-order valence-electron chi connectivity index (χ3n) is 6.02. The Kier molecular flexibility index (Phi) is 6.29. The first-order valence-corrected chi connectivity index (χ1v) is 11.5. The Balaban J connectivity index is 1.39. The van der Waals surface area contributed by atoms with Crippen LogP contribution in [0.2, 0.25) is 0 Å². The lowest BCUT2D eigenvalue weighted by atomic mass is 9.97. The molecule has 8 heteroatoms. The summed E-state index contributed by atoms with van der Waals surface area (Å²) in [6.07, 6.45) is 9.49. The summed E-state index contributed by atoms with van der Waals surface area (Å²) in [5.41, 5.74) is 2.83. The van der Waals surface area contributed by atoms with E-state index in [9.17, 15) is 9.59 Å². The number of pyridine rings is 2. The van der Waals surface area contributed by atoms with Gasteiger partial charge in [0.05, 0.1) is 11.1 Å². The molecule has 0 saturated heterocycles. The summed E-state index contributed by atoms with van der Waals surface area (Å²) < 4.78 is 6.94. The van der Waals surface area contributed by atoms with E-state index in [1.54, 1.807) is 18.3 Å². The Morgan fingerprint density at radius 3 is 2.82 bits per heavy atom. The van der Waals surface area contributed by atoms with Gasteiger partial charge in [0.25, 0.3) is 11.4 Å². The minimum Gasteiger partial charge on any atom is -0.354 e. The zero-order chi connectivity index (χ0) is 23.3. The van der Waals surface area contributed by atoms with Crippen molar-refractivity contribution in [1.82, 2.24) is 25.0 Å². The molecule has 0 unspecified atom stereocenters. The number of fused-ring (bicyclic) bond motifs is 1. The maximum absolute atomic E-state index is 13.0. The molecule has 1 aromatic carbocycles. The number of allylic oxidation sites excluding steroid dienone is 1. The van der Waals surface area contributed by atoms with Crippen LogP contribution >= 0.6 is 0 Å². The molecule has 0 aliphatic heterocycles. The topological polar surface area (TPSA) is 103 Å². The summed E-state index contributed by atoms with van der Waals surface area (Å²) in [7, 11) is 0. The zero-order valence-corrected chi connectivity index (χ0v) is 18.7. The normalized spacial score (nSPS) is 13.6. The van der Waals surface area contributed by atoms with Crippen LogP contribution < -0.4 is 10.9 Å². The molecule has 1 aliphatic rings. The molecule has 0 saturated carbocycles. The van der Waals surface area contributed by atoms with Crippen molar-refractivity contribution in [2.24, 2.45) is 0 Å². The molecule has 0 bridgehead atoms. The SMILES string of the molecule is O=C(Cn1c(=O)cc(-c2nc(-c3ccccn3)no2)c2ccccc21)NCCC1=CCCCC1. The molecule has 1 aliphatic carbocycles. The lowest BCUT2D eigenvalue weighted by molar-refractivity contribution is -0.121. The van der Waals surface area contributed by atoms with Crippen molar-refractivity contribution >= 4 is 16.8 Å². The zero-order valence-electron chi connectivity index (χ0n) is 18.7. The summed E-state index contributed by atoms with van der Waals surface area (Å²) in [4.78, 5) is 34.3. The van der Waals surface area contributed by atoms with Gasteiger partial charge >= 0.3 is 0 Å². The van der Waals surface area contributed by atoms with E-state index >= 15 is 0 Å². The van der Waals surface area contributed by atoms with Gasteiger partial charge in [-0.05, 0) is 50.3 Å². The third kappa shape index (κ3) is 4.66. The van der Waals surface area contributed by atoms with Crippen LogP contribution in [0.4, 0.5) is 0 Å². The molecule has 0 atom stereocenters. The second-order valence-electron chi connectivity index (χ2n) is 8.35. The van der Waals surface area contributed by atoms with E-state index in [2.05, 4.69) is 26.5 Å². The molecule has 172 valence electrons. The van der Waals surface area contributed by atoms with Crippen molar-refractivity contribution in [2.75, 3.05) is 6.54 Å². The maximum Gasteiger partial charge on any atom is 0.259 e. The van der Waals surface area contributed by atoms with E-state index in [1.165, 1.54) is 29.0 Å². The molecule has 1 N–H and O–H groups in total. The summed E-state index contributed by atoms with van der Waals surface area (Å²) >= 11 is 0. The Morgan fingerprint density at radius 2 is 2.00 bits per heavy atom. The maximum atomic E-state index is 13.0. The fraction of sp³-hybridized carbons (Fsp3) is 0.269. The molecule has 0 spiro atoms. The standard InChI is InChI=1S/C26H25N5O3/c32-23(28-15-13-18-8-2-1-3-9-18)17-31-22-12-5-4-10-19(22)20(16-24(31)33)26-29-25(30-34-26)21-11-6-7-14-27-21/h4-8,10-12,14,16H,1-3,9,13,15,17H2,(H,28,32). The van der Waals surface area contributed by atoms with E-state index in [1.807, 2.05) is 30.3 Å². The molecule has 3 aromatic heterocycles. The van der Waals surface area contributed by atoms with E-state index < -0.39 is 0 Å². The average Bonchev–Trinajstić information content (AvgIpc) is 3.37. The summed E-state index contributed by atoms with van der Waals surface area (Å²) in [6, 6.07) is 14.3. The Morgan fingerprint density at radius 1 is 1.12 bits per heavy atom. The second-order valence-corrected chi connectivity index (χ2v) is 8.35. The number of amides is 1. The number of carbonyl (C=O) groups excluding carboxylic acids is 1. The van der Waals surface area contributed by atoms with Gasteiger partial charge in [-0.15, -0.1) is 0 Å². The van der Waals surface area contributed by atoms with Gasteiger partial charge in [-0.1, -0.05) is 41.1 Å². The largest absolute Gasteiger partial charge is 0.354 e. The highest BCUT2D eigenvalue weighted by Crippen LogP contribution is 2.27. The Labute approximate surface area is 196 Å². The molecule has 0 radical (unpaired) electrons. The van der Waals surface area contributed by atoms with Crippen molar-refractivity contribution < 1.29 is 9.32 Å². The molecule has 8 nitrogen and oxygen atoms in total. The molecule has 4 aromatic rings. The summed E-state index contributed by atoms with van der Waals surface area (Å²) in [6.45, 7) is 0.523. The van der Waals surface area contributed by atoms with E-state index in [-0.39, 0.29) is 23.9 Å². The molecule has 0 fully saturated rings. The predicted molar refractivity (Wildman–Crippen MR) is 129 cm³/mol. The van der Waals surface area contributed by atoms with E-state index in [0.717, 1.165) is 24.6 Å². The van der Waals surface area contributed by atoms with Crippen LogP contribution in [0, 0.1) is 0 Å². The number of carbonyl (C=O) groups is 1. The number of rotatable bonds is 7. The highest BCUT2D eigenvalue weighted by molar-refractivity contribution is 5.93. The number of para-hydroxylation sites is 1. The number of benzene rings is 1. The molecular weight excluding hydrogens is 430 g/mol. The number of hydrogen-bond donors (Lipinski definition) is 1. The van der Waals surface area contributed by atoms with Crippen molar-refractivity contribution in [1.29, 1.82) is 0 Å². The number of aromatic nitrogens is 4. The fourth-order valence-electron chi connectivity index (χ4n) is 4.30. The van der Waals surface area contributed by atoms with Gasteiger partial charge in [0.15, 0.2) is 0 Å². The highest BCUT2D eigenvalue weighted by Gasteiger charge is 2.18. The highest BCUT2D eigenvalue weighted by atomic mass is 16.5. The van der Waals surface area contributed by atoms with Gasteiger partial charge in [0.2, 0.25) is 11.7 Å². The van der Waals surface area contributed by atoms with E-state index in [4.69, 9.17) is 4.52 Å². The number of hydrogen-bond acceptors (Lipinski definition) is 6. The monoisotopic (exact) mass is 455 g/mol. The molecule has 1 amide bonds. The molecule has 3 heterocycles. The van der Waals surface area contributed by atoms with Gasteiger partial charge in [0, 0.05) is 24.2 Å². The van der Waals surface area contributed by atoms with Crippen LogP contribution in [0.1, 0.15) is 32.1 Å². The Bertz CT molecular complexity index is 1400. The smallest absolute Gasteiger partial charge is 0.259 e. The quantitative estimate of drug-likeness (QED) is 0.421. The van der Waals surface area contributed by atoms with Gasteiger partial charge in [-0.3, -0.25) is 19.1 Å². The second kappa shape index (κ2) is 9.82. The van der Waals surface area contributed by atoms with E-state index in [0.29, 0.717) is 29.1 Å². The van der Waals surface area contributed by atoms with Gasteiger partial charge in [-0.25, -0.2) is 0 Å². The van der Waals surface area contributed by atoms with Crippen molar-refractivity contribution in [3.05, 3.63) is 76.7 Å². The predicted octanol–water partition coefficient (Wildman–Crippen LogP) is 4.12. The van der Waals surface area contributed by atoms with Crippen molar-refractivity contribution in [3.8, 4) is 23.0 Å². The first kappa shape index (κ1) is 21.8. The van der Waals surface area contributed by atoms with Gasteiger partial charge < -0.3 is 9.84 Å². The van der Waals surface area contributed by atoms with Crippen LogP contribution in [0.25, 0.3) is 33.9 Å². The van der Waals surface area contributed by atoms with Crippen molar-refractivity contribution in [3.63, 3.8) is 0 Å². The molecule has 5 rings (SSSR count). The Hall–Kier alpha value is -4.07. The average molecular weight is 456 g/mol.